The summed E-state index contributed by atoms with van der Waals surface area (Å²) in [6.07, 6.45) is 35.5. The van der Waals surface area contributed by atoms with Gasteiger partial charge < -0.3 is 28.5 Å². The zero-order valence-electron chi connectivity index (χ0n) is 35.9. The SMILES string of the molecule is CCCCCCCC/C=C\CCCCCCCC(=O)OC(COC(=O)CCCCCCCCCCCCCCCC)COC(OCC[N+](C)(C)C)C(=O)O. The number of carboxylic acid groups (broad SMARTS) is 1. The van der Waals surface area contributed by atoms with Gasteiger partial charge >= 0.3 is 17.9 Å². The largest absolute Gasteiger partial charge is 0.477 e. The van der Waals surface area contributed by atoms with Crippen LogP contribution >= 0.6 is 0 Å². The Morgan fingerprint density at radius 1 is 0.537 bits per heavy atom. The topological polar surface area (TPSA) is 108 Å². The molecule has 0 saturated heterocycles. The van der Waals surface area contributed by atoms with Crippen LogP contribution < -0.4 is 0 Å². The number of unbranched alkanes of at least 4 members (excludes halogenated alkanes) is 24. The number of hydrogen-bond donors (Lipinski definition) is 1. The van der Waals surface area contributed by atoms with Gasteiger partial charge in [-0.25, -0.2) is 4.79 Å². The summed E-state index contributed by atoms with van der Waals surface area (Å²) in [5, 5.41) is 9.62. The molecular formula is C45H86NO8+. The molecule has 54 heavy (non-hydrogen) atoms. The third-order valence-electron chi connectivity index (χ3n) is 9.77. The van der Waals surface area contributed by atoms with E-state index in [-0.39, 0.29) is 32.2 Å². The molecule has 0 rings (SSSR count). The minimum absolute atomic E-state index is 0.180. The van der Waals surface area contributed by atoms with E-state index in [2.05, 4.69) is 26.0 Å². The lowest BCUT2D eigenvalue weighted by molar-refractivity contribution is -0.870. The molecular weight excluding hydrogens is 682 g/mol. The molecule has 0 radical (unpaired) electrons. The first kappa shape index (κ1) is 52.0. The van der Waals surface area contributed by atoms with Crippen molar-refractivity contribution in [2.75, 3.05) is 47.5 Å². The highest BCUT2D eigenvalue weighted by Gasteiger charge is 2.25. The molecule has 0 fully saturated rings. The summed E-state index contributed by atoms with van der Waals surface area (Å²) in [5.41, 5.74) is 0. The van der Waals surface area contributed by atoms with E-state index >= 15 is 0 Å². The van der Waals surface area contributed by atoms with E-state index in [0.29, 0.717) is 23.9 Å². The highest BCUT2D eigenvalue weighted by Crippen LogP contribution is 2.15. The lowest BCUT2D eigenvalue weighted by Gasteiger charge is -2.25. The zero-order valence-corrected chi connectivity index (χ0v) is 35.9. The van der Waals surface area contributed by atoms with Crippen LogP contribution in [0, 0.1) is 0 Å². The van der Waals surface area contributed by atoms with Crippen molar-refractivity contribution < 1.29 is 42.9 Å². The average Bonchev–Trinajstić information content (AvgIpc) is 3.12. The first-order chi connectivity index (χ1) is 26.1. The highest BCUT2D eigenvalue weighted by atomic mass is 16.7. The molecule has 1 N–H and O–H groups in total. The lowest BCUT2D eigenvalue weighted by atomic mass is 10.0. The summed E-state index contributed by atoms with van der Waals surface area (Å²) in [4.78, 5) is 37.1. The van der Waals surface area contributed by atoms with Crippen LogP contribution in [0.2, 0.25) is 0 Å². The Bertz CT molecular complexity index is 903. The van der Waals surface area contributed by atoms with Crippen LogP contribution in [-0.4, -0.2) is 87.4 Å². The number of esters is 2. The van der Waals surface area contributed by atoms with Gasteiger partial charge in [0.25, 0.3) is 6.29 Å². The van der Waals surface area contributed by atoms with Crippen molar-refractivity contribution in [2.45, 2.75) is 212 Å². The number of quaternary nitrogens is 1. The Morgan fingerprint density at radius 2 is 0.944 bits per heavy atom. The number of likely N-dealkylation sites (N-methyl/N-ethyl adjacent to an activating group) is 1. The molecule has 0 aromatic heterocycles. The number of carbonyl (C=O) groups is 3. The Hall–Kier alpha value is -1.97. The van der Waals surface area contributed by atoms with E-state index in [1.54, 1.807) is 0 Å². The average molecular weight is 769 g/mol. The first-order valence-electron chi connectivity index (χ1n) is 22.4. The van der Waals surface area contributed by atoms with Crippen LogP contribution in [-0.2, 0) is 33.3 Å². The fourth-order valence-electron chi connectivity index (χ4n) is 6.24. The van der Waals surface area contributed by atoms with Gasteiger partial charge in [-0.2, -0.15) is 0 Å². The molecule has 2 atom stereocenters. The first-order valence-corrected chi connectivity index (χ1v) is 22.4. The van der Waals surface area contributed by atoms with Crippen LogP contribution in [0.15, 0.2) is 12.2 Å². The number of aliphatic carboxylic acids is 1. The van der Waals surface area contributed by atoms with E-state index in [9.17, 15) is 19.5 Å². The van der Waals surface area contributed by atoms with Crippen molar-refractivity contribution >= 4 is 17.9 Å². The summed E-state index contributed by atoms with van der Waals surface area (Å²) in [6.45, 7) is 4.87. The van der Waals surface area contributed by atoms with Gasteiger partial charge in [0, 0.05) is 12.8 Å². The molecule has 0 bridgehead atoms. The number of carboxylic acids is 1. The molecule has 9 heteroatoms. The van der Waals surface area contributed by atoms with Crippen molar-refractivity contribution in [3.05, 3.63) is 12.2 Å². The van der Waals surface area contributed by atoms with E-state index < -0.39 is 24.3 Å². The van der Waals surface area contributed by atoms with E-state index in [0.717, 1.165) is 51.4 Å². The van der Waals surface area contributed by atoms with Crippen molar-refractivity contribution in [1.82, 2.24) is 0 Å². The van der Waals surface area contributed by atoms with Crippen molar-refractivity contribution in [3.8, 4) is 0 Å². The fraction of sp³-hybridized carbons (Fsp3) is 0.889. The number of allylic oxidation sites excluding steroid dienone is 2. The molecule has 2 unspecified atom stereocenters. The maximum Gasteiger partial charge on any atom is 0.361 e. The van der Waals surface area contributed by atoms with E-state index in [4.69, 9.17) is 18.9 Å². The highest BCUT2D eigenvalue weighted by molar-refractivity contribution is 5.71. The zero-order chi connectivity index (χ0) is 40.0. The monoisotopic (exact) mass is 769 g/mol. The molecule has 318 valence electrons. The van der Waals surface area contributed by atoms with Gasteiger partial charge in [0.1, 0.15) is 13.2 Å². The van der Waals surface area contributed by atoms with Crippen LogP contribution in [0.5, 0.6) is 0 Å². The van der Waals surface area contributed by atoms with Crippen molar-refractivity contribution in [3.63, 3.8) is 0 Å². The van der Waals surface area contributed by atoms with Gasteiger partial charge in [0.2, 0.25) is 0 Å². The Balaban J connectivity index is 4.44. The summed E-state index contributed by atoms with van der Waals surface area (Å²) in [7, 11) is 5.95. The fourth-order valence-corrected chi connectivity index (χ4v) is 6.24. The third-order valence-corrected chi connectivity index (χ3v) is 9.77. The maximum atomic E-state index is 12.7. The van der Waals surface area contributed by atoms with Crippen molar-refractivity contribution in [1.29, 1.82) is 0 Å². The van der Waals surface area contributed by atoms with Gasteiger partial charge in [-0.05, 0) is 38.5 Å². The van der Waals surface area contributed by atoms with Gasteiger partial charge in [0.15, 0.2) is 6.10 Å². The van der Waals surface area contributed by atoms with Crippen LogP contribution in [0.4, 0.5) is 0 Å². The third kappa shape index (κ3) is 38.3. The summed E-state index contributed by atoms with van der Waals surface area (Å²) in [6, 6.07) is 0. The van der Waals surface area contributed by atoms with E-state index in [1.807, 2.05) is 21.1 Å². The minimum atomic E-state index is -1.51. The second-order valence-corrected chi connectivity index (χ2v) is 16.4. The van der Waals surface area contributed by atoms with Crippen LogP contribution in [0.1, 0.15) is 200 Å². The quantitative estimate of drug-likeness (QED) is 0.0215. The van der Waals surface area contributed by atoms with Gasteiger partial charge in [0.05, 0.1) is 34.4 Å². The molecule has 0 aromatic carbocycles. The van der Waals surface area contributed by atoms with E-state index in [1.165, 1.54) is 116 Å². The van der Waals surface area contributed by atoms with Crippen LogP contribution in [0.25, 0.3) is 0 Å². The molecule has 0 saturated carbocycles. The smallest absolute Gasteiger partial charge is 0.361 e. The standard InChI is InChI=1S/C45H85NO8/c1-6-8-10-12-14-16-18-20-22-24-26-28-30-32-34-36-43(48)54-41(40-53-45(44(49)50)51-38-37-46(3,4)5)39-52-42(47)35-33-31-29-27-25-23-21-19-17-15-13-11-9-7-2/h20,22,41,45H,6-19,21,23-40H2,1-5H3/p+1/b22-20-. The lowest BCUT2D eigenvalue weighted by Crippen LogP contribution is -2.40. The molecule has 0 aliphatic rings. The summed E-state index contributed by atoms with van der Waals surface area (Å²) >= 11 is 0. The number of rotatable bonds is 41. The second-order valence-electron chi connectivity index (χ2n) is 16.4. The number of carbonyl (C=O) groups excluding carboxylic acids is 2. The normalized spacial score (nSPS) is 13.0. The van der Waals surface area contributed by atoms with Gasteiger partial charge in [-0.3, -0.25) is 9.59 Å². The predicted octanol–water partition coefficient (Wildman–Crippen LogP) is 11.5. The molecule has 0 aromatic rings. The molecule has 0 heterocycles. The minimum Gasteiger partial charge on any atom is -0.477 e. The molecule has 0 aliphatic heterocycles. The molecule has 0 amide bonds. The summed E-state index contributed by atoms with van der Waals surface area (Å²) in [5.74, 6) is -2.01. The second kappa shape index (κ2) is 37.9. The Labute approximate surface area is 332 Å². The molecule has 9 nitrogen and oxygen atoms in total. The predicted molar refractivity (Wildman–Crippen MR) is 221 cm³/mol. The molecule has 0 aliphatic carbocycles. The number of ether oxygens (including phenoxy) is 4. The summed E-state index contributed by atoms with van der Waals surface area (Å²) < 4.78 is 22.7. The molecule has 0 spiro atoms. The maximum absolute atomic E-state index is 12.7. The van der Waals surface area contributed by atoms with Gasteiger partial charge in [-0.1, -0.05) is 161 Å². The number of hydrogen-bond acceptors (Lipinski definition) is 7. The Morgan fingerprint density at radius 3 is 1.37 bits per heavy atom. The van der Waals surface area contributed by atoms with Gasteiger partial charge in [-0.15, -0.1) is 0 Å². The Kier molecular flexibility index (Phi) is 36.5. The van der Waals surface area contributed by atoms with Crippen LogP contribution in [0.3, 0.4) is 0 Å². The number of nitrogens with zero attached hydrogens (tertiary/aromatic N) is 1. The van der Waals surface area contributed by atoms with Crippen molar-refractivity contribution in [2.24, 2.45) is 0 Å².